The van der Waals surface area contributed by atoms with Crippen LogP contribution < -0.4 is 10.9 Å². The summed E-state index contributed by atoms with van der Waals surface area (Å²) in [4.78, 5) is 12.8. The number of carbonyl (C=O) groups is 1. The molecule has 0 spiro atoms. The molecule has 1 aliphatic heterocycles. The van der Waals surface area contributed by atoms with Crippen LogP contribution in [0.2, 0.25) is 27.3 Å². The van der Waals surface area contributed by atoms with E-state index in [1.165, 1.54) is 10.9 Å². The minimum Gasteiger partial charge on any atom is -0.441 e. The summed E-state index contributed by atoms with van der Waals surface area (Å²) < 4.78 is 6.15. The summed E-state index contributed by atoms with van der Waals surface area (Å²) in [5, 5.41) is 0. The maximum absolute atomic E-state index is 12.8. The number of hydrogen-bond acceptors (Lipinski definition) is 2. The standard InChI is InChI=1S/C24H24B2O2/c1-25(2)19-13-9-17(10-14-19)24(18-11-15-20(16-12-18)26(3)4)22-8-6-5-7-21(22)23(27)28-24/h5-16H,1-4H3. The number of esters is 1. The summed E-state index contributed by atoms with van der Waals surface area (Å²) in [6.07, 6.45) is 0. The number of carbonyl (C=O) groups excluding carboxylic acids is 1. The van der Waals surface area contributed by atoms with Crippen molar-refractivity contribution < 1.29 is 9.53 Å². The molecule has 138 valence electrons. The van der Waals surface area contributed by atoms with E-state index in [4.69, 9.17) is 4.74 Å². The Labute approximate surface area is 168 Å². The van der Waals surface area contributed by atoms with E-state index in [1.54, 1.807) is 0 Å². The summed E-state index contributed by atoms with van der Waals surface area (Å²) in [5.41, 5.74) is 5.15. The van der Waals surface area contributed by atoms with Gasteiger partial charge in [-0.3, -0.25) is 0 Å². The van der Waals surface area contributed by atoms with E-state index in [-0.39, 0.29) is 5.97 Å². The van der Waals surface area contributed by atoms with Crippen LogP contribution in [0.25, 0.3) is 0 Å². The summed E-state index contributed by atoms with van der Waals surface area (Å²) in [6, 6.07) is 24.7. The first kappa shape index (κ1) is 18.6. The smallest absolute Gasteiger partial charge is 0.340 e. The number of benzene rings is 3. The molecule has 0 N–H and O–H groups in total. The van der Waals surface area contributed by atoms with Gasteiger partial charge in [-0.15, -0.1) is 0 Å². The molecule has 0 saturated heterocycles. The third-order valence-electron chi connectivity index (χ3n) is 5.74. The Bertz CT molecular complexity index is 954. The highest BCUT2D eigenvalue weighted by Gasteiger charge is 2.48. The third-order valence-corrected chi connectivity index (χ3v) is 5.74. The number of ether oxygens (including phenoxy) is 1. The van der Waals surface area contributed by atoms with Crippen LogP contribution in [0.15, 0.2) is 72.8 Å². The zero-order valence-corrected chi connectivity index (χ0v) is 16.9. The first-order valence-electron chi connectivity index (χ1n) is 9.97. The lowest BCUT2D eigenvalue weighted by atomic mass is 9.49. The Kier molecular flexibility index (Phi) is 4.66. The highest BCUT2D eigenvalue weighted by Crippen LogP contribution is 2.46. The summed E-state index contributed by atoms with van der Waals surface area (Å²) in [6.45, 7) is 9.63. The molecule has 1 heterocycles. The Balaban J connectivity index is 1.94. The Morgan fingerprint density at radius 3 is 1.61 bits per heavy atom. The second-order valence-corrected chi connectivity index (χ2v) is 8.17. The molecular weight excluding hydrogens is 342 g/mol. The van der Waals surface area contributed by atoms with Crippen molar-refractivity contribution in [1.29, 1.82) is 0 Å². The van der Waals surface area contributed by atoms with Gasteiger partial charge in [0.25, 0.3) is 0 Å². The van der Waals surface area contributed by atoms with E-state index < -0.39 is 5.60 Å². The average molecular weight is 366 g/mol. The molecule has 0 aliphatic carbocycles. The van der Waals surface area contributed by atoms with Gasteiger partial charge >= 0.3 is 5.97 Å². The molecule has 4 rings (SSSR count). The zero-order chi connectivity index (χ0) is 19.9. The van der Waals surface area contributed by atoms with Gasteiger partial charge < -0.3 is 4.74 Å². The van der Waals surface area contributed by atoms with Gasteiger partial charge in [-0.2, -0.15) is 0 Å². The number of cyclic esters (lactones) is 1. The van der Waals surface area contributed by atoms with Crippen molar-refractivity contribution in [2.75, 3.05) is 0 Å². The highest BCUT2D eigenvalue weighted by molar-refractivity contribution is 6.71. The third kappa shape index (κ3) is 2.88. The maximum atomic E-state index is 12.8. The predicted octanol–water partition coefficient (Wildman–Crippen LogP) is 4.07. The lowest BCUT2D eigenvalue weighted by Crippen LogP contribution is -2.32. The molecule has 3 aromatic rings. The van der Waals surface area contributed by atoms with Gasteiger partial charge in [0.2, 0.25) is 0 Å². The molecule has 0 bridgehead atoms. The first-order valence-corrected chi connectivity index (χ1v) is 9.97. The minimum atomic E-state index is -0.904. The highest BCUT2D eigenvalue weighted by atomic mass is 16.6. The molecule has 0 radical (unpaired) electrons. The number of rotatable bonds is 4. The van der Waals surface area contributed by atoms with E-state index in [1.807, 2.05) is 24.3 Å². The number of hydrogen-bond donors (Lipinski definition) is 0. The van der Waals surface area contributed by atoms with Gasteiger partial charge in [0.1, 0.15) is 0 Å². The van der Waals surface area contributed by atoms with E-state index in [9.17, 15) is 4.79 Å². The monoisotopic (exact) mass is 366 g/mol. The Hall–Kier alpha value is -2.74. The van der Waals surface area contributed by atoms with Crippen molar-refractivity contribution in [3.63, 3.8) is 0 Å². The van der Waals surface area contributed by atoms with Crippen LogP contribution in [0, 0.1) is 0 Å². The largest absolute Gasteiger partial charge is 0.441 e. The van der Waals surface area contributed by atoms with Crippen LogP contribution in [0.3, 0.4) is 0 Å². The summed E-state index contributed by atoms with van der Waals surface area (Å²) in [7, 11) is 0. The van der Waals surface area contributed by atoms with Gasteiger partial charge in [-0.05, 0) is 6.07 Å². The van der Waals surface area contributed by atoms with Crippen LogP contribution in [-0.4, -0.2) is 19.4 Å². The van der Waals surface area contributed by atoms with E-state index in [0.29, 0.717) is 19.0 Å². The quantitative estimate of drug-likeness (QED) is 0.514. The maximum Gasteiger partial charge on any atom is 0.340 e. The molecule has 0 aromatic heterocycles. The molecule has 0 unspecified atom stereocenters. The van der Waals surface area contributed by atoms with Gasteiger partial charge in [-0.1, -0.05) is 105 Å². The van der Waals surface area contributed by atoms with Crippen LogP contribution in [0.5, 0.6) is 0 Å². The second-order valence-electron chi connectivity index (χ2n) is 8.17. The fourth-order valence-corrected chi connectivity index (χ4v) is 4.02. The van der Waals surface area contributed by atoms with Crippen molar-refractivity contribution in [3.05, 3.63) is 95.1 Å². The molecule has 4 heteroatoms. The van der Waals surface area contributed by atoms with Gasteiger partial charge in [0.15, 0.2) is 19.0 Å². The average Bonchev–Trinajstić information content (AvgIpc) is 3.02. The van der Waals surface area contributed by atoms with Gasteiger partial charge in [-0.25, -0.2) is 4.79 Å². The molecule has 0 fully saturated rings. The van der Waals surface area contributed by atoms with Crippen LogP contribution >= 0.6 is 0 Å². The second kappa shape index (κ2) is 7.01. The van der Waals surface area contributed by atoms with Crippen LogP contribution in [0.1, 0.15) is 27.0 Å². The minimum absolute atomic E-state index is 0.267. The van der Waals surface area contributed by atoms with Crippen molar-refractivity contribution in [2.45, 2.75) is 32.9 Å². The first-order chi connectivity index (χ1) is 13.4. The van der Waals surface area contributed by atoms with E-state index in [2.05, 4.69) is 75.8 Å². The molecule has 0 atom stereocenters. The van der Waals surface area contributed by atoms with E-state index in [0.717, 1.165) is 16.7 Å². The summed E-state index contributed by atoms with van der Waals surface area (Å²) >= 11 is 0. The topological polar surface area (TPSA) is 26.3 Å². The van der Waals surface area contributed by atoms with E-state index >= 15 is 0 Å². The molecule has 0 saturated carbocycles. The summed E-state index contributed by atoms with van der Waals surface area (Å²) in [5.74, 6) is -0.267. The predicted molar refractivity (Wildman–Crippen MR) is 119 cm³/mol. The fraction of sp³-hybridized carbons (Fsp3) is 0.208. The van der Waals surface area contributed by atoms with Crippen LogP contribution in [0.4, 0.5) is 0 Å². The molecule has 28 heavy (non-hydrogen) atoms. The molecular formula is C24H24B2O2. The fourth-order valence-electron chi connectivity index (χ4n) is 4.02. The lowest BCUT2D eigenvalue weighted by molar-refractivity contribution is 0.0251. The van der Waals surface area contributed by atoms with Gasteiger partial charge in [0, 0.05) is 16.7 Å². The lowest BCUT2D eigenvalue weighted by Gasteiger charge is -2.30. The molecule has 2 nitrogen and oxygen atoms in total. The number of fused-ring (bicyclic) bond motifs is 1. The van der Waals surface area contributed by atoms with Gasteiger partial charge in [0.05, 0.1) is 5.56 Å². The van der Waals surface area contributed by atoms with Crippen molar-refractivity contribution in [1.82, 2.24) is 0 Å². The van der Waals surface area contributed by atoms with Crippen molar-refractivity contribution >= 4 is 30.3 Å². The zero-order valence-electron chi connectivity index (χ0n) is 16.9. The molecule has 0 amide bonds. The van der Waals surface area contributed by atoms with Crippen molar-refractivity contribution in [2.24, 2.45) is 0 Å². The Morgan fingerprint density at radius 2 is 1.14 bits per heavy atom. The Morgan fingerprint density at radius 1 is 0.679 bits per heavy atom. The SMILES string of the molecule is CB(C)c1ccc(C2(c3ccc(B(C)C)cc3)OC(=O)c3ccccc32)cc1. The molecule has 3 aromatic carbocycles. The van der Waals surface area contributed by atoms with Crippen LogP contribution in [-0.2, 0) is 10.3 Å². The molecule has 1 aliphatic rings. The van der Waals surface area contributed by atoms with Crippen molar-refractivity contribution in [3.8, 4) is 0 Å². The normalized spacial score (nSPS) is 14.4.